The van der Waals surface area contributed by atoms with Gasteiger partial charge < -0.3 is 10.6 Å². The zero-order valence-corrected chi connectivity index (χ0v) is 19.0. The molecule has 2 N–H and O–H groups in total. The number of amides is 2. The van der Waals surface area contributed by atoms with Crippen molar-refractivity contribution in [2.24, 2.45) is 0 Å². The van der Waals surface area contributed by atoms with Gasteiger partial charge in [0.25, 0.3) is 11.8 Å². The molecule has 0 saturated heterocycles. The van der Waals surface area contributed by atoms with Crippen molar-refractivity contribution in [2.45, 2.75) is 52.6 Å². The van der Waals surface area contributed by atoms with E-state index in [-0.39, 0.29) is 17.2 Å². The van der Waals surface area contributed by atoms with Gasteiger partial charge in [-0.15, -0.1) is 0 Å². The van der Waals surface area contributed by atoms with Crippen molar-refractivity contribution in [3.63, 3.8) is 0 Å². The van der Waals surface area contributed by atoms with Crippen LogP contribution in [0.1, 0.15) is 62.4 Å². The maximum atomic E-state index is 13.4. The van der Waals surface area contributed by atoms with E-state index in [0.29, 0.717) is 5.69 Å². The molecule has 3 rings (SSSR count). The average Bonchev–Trinajstić information content (AvgIpc) is 3.08. The molecule has 6 nitrogen and oxygen atoms in total. The van der Waals surface area contributed by atoms with Gasteiger partial charge in [-0.25, -0.2) is 4.68 Å². The molecule has 0 aliphatic rings. The number of aromatic nitrogens is 2. The molecule has 31 heavy (non-hydrogen) atoms. The minimum atomic E-state index is -0.475. The van der Waals surface area contributed by atoms with E-state index in [1.165, 1.54) is 0 Å². The van der Waals surface area contributed by atoms with Crippen molar-refractivity contribution >= 4 is 11.8 Å². The summed E-state index contributed by atoms with van der Waals surface area (Å²) in [6.45, 7) is 11.4. The molecule has 1 heterocycles. The summed E-state index contributed by atoms with van der Waals surface area (Å²) in [5, 5.41) is 10.6. The summed E-state index contributed by atoms with van der Waals surface area (Å²) in [5.74, 6) is -0.731. The molecule has 2 aromatic carbocycles. The number of carbonyl (C=O) groups is 2. The van der Waals surface area contributed by atoms with Gasteiger partial charge in [0, 0.05) is 16.6 Å². The van der Waals surface area contributed by atoms with Crippen LogP contribution in [0.25, 0.3) is 16.9 Å². The van der Waals surface area contributed by atoms with Crippen LogP contribution in [-0.2, 0) is 0 Å². The zero-order chi connectivity index (χ0) is 22.8. The third-order valence-corrected chi connectivity index (χ3v) is 4.35. The van der Waals surface area contributed by atoms with Crippen molar-refractivity contribution < 1.29 is 9.59 Å². The van der Waals surface area contributed by atoms with Crippen LogP contribution in [0.15, 0.2) is 60.7 Å². The number of hydrogen-bond donors (Lipinski definition) is 2. The number of rotatable bonds is 4. The van der Waals surface area contributed by atoms with Gasteiger partial charge in [-0.3, -0.25) is 9.59 Å². The highest BCUT2D eigenvalue weighted by molar-refractivity contribution is 6.10. The lowest BCUT2D eigenvalue weighted by Crippen LogP contribution is -2.43. The van der Waals surface area contributed by atoms with Crippen molar-refractivity contribution in [2.75, 3.05) is 0 Å². The Morgan fingerprint density at radius 1 is 0.742 bits per heavy atom. The van der Waals surface area contributed by atoms with Gasteiger partial charge in [-0.1, -0.05) is 48.5 Å². The van der Waals surface area contributed by atoms with Crippen LogP contribution in [-0.4, -0.2) is 32.7 Å². The molecule has 0 unspecified atom stereocenters. The molecule has 0 atom stereocenters. The van der Waals surface area contributed by atoms with Crippen LogP contribution in [0.3, 0.4) is 0 Å². The highest BCUT2D eigenvalue weighted by Gasteiger charge is 2.32. The predicted octanol–water partition coefficient (Wildman–Crippen LogP) is 4.60. The Hall–Kier alpha value is -3.41. The molecule has 0 aliphatic heterocycles. The largest absolute Gasteiger partial charge is 0.347 e. The quantitative estimate of drug-likeness (QED) is 0.650. The molecule has 1 aromatic heterocycles. The monoisotopic (exact) mass is 418 g/mol. The summed E-state index contributed by atoms with van der Waals surface area (Å²) in [6.07, 6.45) is 0. The molecule has 0 bridgehead atoms. The average molecular weight is 419 g/mol. The van der Waals surface area contributed by atoms with E-state index in [4.69, 9.17) is 0 Å². The second-order valence-electron chi connectivity index (χ2n) is 9.59. The maximum absolute atomic E-state index is 13.4. The Kier molecular flexibility index (Phi) is 6.02. The molecular weight excluding hydrogens is 388 g/mol. The van der Waals surface area contributed by atoms with Crippen molar-refractivity contribution in [1.82, 2.24) is 20.4 Å². The number of para-hydroxylation sites is 1. The summed E-state index contributed by atoms with van der Waals surface area (Å²) in [4.78, 5) is 26.7. The fourth-order valence-corrected chi connectivity index (χ4v) is 3.21. The molecule has 0 fully saturated rings. The topological polar surface area (TPSA) is 76.0 Å². The van der Waals surface area contributed by atoms with E-state index in [9.17, 15) is 9.59 Å². The summed E-state index contributed by atoms with van der Waals surface area (Å²) in [6, 6.07) is 19.0. The first-order valence-corrected chi connectivity index (χ1v) is 10.4. The van der Waals surface area contributed by atoms with Crippen LogP contribution in [0, 0.1) is 0 Å². The number of nitrogens with one attached hydrogen (secondary N) is 2. The predicted molar refractivity (Wildman–Crippen MR) is 123 cm³/mol. The molecule has 3 aromatic rings. The molecule has 162 valence electrons. The number of carbonyl (C=O) groups excluding carboxylic acids is 2. The van der Waals surface area contributed by atoms with Crippen LogP contribution >= 0.6 is 0 Å². The Balaban J connectivity index is 2.31. The third kappa shape index (κ3) is 5.40. The van der Waals surface area contributed by atoms with Gasteiger partial charge in [0.15, 0.2) is 5.69 Å². The Bertz CT molecular complexity index is 1070. The van der Waals surface area contributed by atoms with E-state index >= 15 is 0 Å². The normalized spacial score (nSPS) is 11.8. The van der Waals surface area contributed by atoms with Gasteiger partial charge in [0.2, 0.25) is 0 Å². The molecule has 0 saturated carbocycles. The Morgan fingerprint density at radius 3 is 1.74 bits per heavy atom. The second-order valence-corrected chi connectivity index (χ2v) is 9.59. The summed E-state index contributed by atoms with van der Waals surface area (Å²) < 4.78 is 1.67. The van der Waals surface area contributed by atoms with Crippen LogP contribution < -0.4 is 10.6 Å². The van der Waals surface area contributed by atoms with Crippen LogP contribution in [0.5, 0.6) is 0 Å². The van der Waals surface area contributed by atoms with Gasteiger partial charge >= 0.3 is 0 Å². The highest BCUT2D eigenvalue weighted by atomic mass is 16.2. The minimum Gasteiger partial charge on any atom is -0.347 e. The fraction of sp³-hybridized carbons (Fsp3) is 0.320. The van der Waals surface area contributed by atoms with Gasteiger partial charge in [0.1, 0.15) is 0 Å². The fourth-order valence-electron chi connectivity index (χ4n) is 3.21. The number of hydrogen-bond acceptors (Lipinski definition) is 3. The third-order valence-electron chi connectivity index (χ3n) is 4.35. The van der Waals surface area contributed by atoms with Crippen molar-refractivity contribution in [1.29, 1.82) is 0 Å². The summed E-state index contributed by atoms with van der Waals surface area (Å²) >= 11 is 0. The number of benzene rings is 2. The SMILES string of the molecule is CC(C)(C)NC(=O)c1nn(-c2ccccc2)c(-c2ccccc2)c1C(=O)NC(C)(C)C. The van der Waals surface area contributed by atoms with Gasteiger partial charge in [-0.2, -0.15) is 5.10 Å². The molecule has 0 aliphatic carbocycles. The molecule has 2 amide bonds. The lowest BCUT2D eigenvalue weighted by Gasteiger charge is -2.22. The zero-order valence-electron chi connectivity index (χ0n) is 19.0. The maximum Gasteiger partial charge on any atom is 0.273 e. The smallest absolute Gasteiger partial charge is 0.273 e. The van der Waals surface area contributed by atoms with Crippen molar-refractivity contribution in [3.05, 3.63) is 71.9 Å². The lowest BCUT2D eigenvalue weighted by molar-refractivity contribution is 0.0881. The molecule has 0 spiro atoms. The van der Waals surface area contributed by atoms with Crippen LogP contribution in [0.2, 0.25) is 0 Å². The van der Waals surface area contributed by atoms with E-state index in [0.717, 1.165) is 11.3 Å². The lowest BCUT2D eigenvalue weighted by atomic mass is 10.0. The number of nitrogens with zero attached hydrogens (tertiary/aromatic N) is 2. The standard InChI is InChI=1S/C25H30N4O2/c1-24(2,3)26-22(30)19-20(23(31)27-25(4,5)6)28-29(18-15-11-8-12-16-18)21(19)17-13-9-7-10-14-17/h7-16H,1-6H3,(H,26,30)(H,27,31). The van der Waals surface area contributed by atoms with Crippen molar-refractivity contribution in [3.8, 4) is 16.9 Å². The first-order valence-electron chi connectivity index (χ1n) is 10.4. The first-order chi connectivity index (χ1) is 14.5. The van der Waals surface area contributed by atoms with Gasteiger partial charge in [-0.05, 0) is 53.7 Å². The van der Waals surface area contributed by atoms with Crippen LogP contribution in [0.4, 0.5) is 0 Å². The summed E-state index contributed by atoms with van der Waals surface area (Å²) in [7, 11) is 0. The summed E-state index contributed by atoms with van der Waals surface area (Å²) in [5.41, 5.74) is 1.54. The van der Waals surface area contributed by atoms with E-state index in [1.807, 2.05) is 102 Å². The highest BCUT2D eigenvalue weighted by Crippen LogP contribution is 2.30. The second kappa shape index (κ2) is 8.38. The Labute approximate surface area is 183 Å². The molecule has 0 radical (unpaired) electrons. The van der Waals surface area contributed by atoms with E-state index in [2.05, 4.69) is 15.7 Å². The van der Waals surface area contributed by atoms with E-state index in [1.54, 1.807) is 4.68 Å². The van der Waals surface area contributed by atoms with Gasteiger partial charge in [0.05, 0.1) is 16.9 Å². The molecular formula is C25H30N4O2. The molecule has 6 heteroatoms. The van der Waals surface area contributed by atoms with E-state index < -0.39 is 17.0 Å². The minimum absolute atomic E-state index is 0.0966. The first kappa shape index (κ1) is 22.3. The Morgan fingerprint density at radius 2 is 1.23 bits per heavy atom.